The monoisotopic (exact) mass is 665 g/mol. The van der Waals surface area contributed by atoms with E-state index in [1.165, 1.54) is 12.8 Å². The van der Waals surface area contributed by atoms with Crippen molar-refractivity contribution in [3.8, 4) is 0 Å². The van der Waals surface area contributed by atoms with E-state index in [2.05, 4.69) is 11.0 Å². The van der Waals surface area contributed by atoms with E-state index in [4.69, 9.17) is 33.0 Å². The average molecular weight is 667 g/mol. The number of hydrogen-bond acceptors (Lipinski definition) is 9. The van der Waals surface area contributed by atoms with Crippen molar-refractivity contribution in [3.63, 3.8) is 0 Å². The molecule has 1 aliphatic heterocycles. The maximum atomic E-state index is 13.8. The molecule has 5 N–H and O–H groups in total. The van der Waals surface area contributed by atoms with Gasteiger partial charge in [-0.2, -0.15) is 0 Å². The number of unbranched alkanes of at least 4 members (excludes halogenated alkanes) is 1. The van der Waals surface area contributed by atoms with Gasteiger partial charge in [-0.25, -0.2) is 0 Å². The normalized spacial score (nSPS) is 20.1. The number of fused-ring (bicyclic) bond motifs is 1. The molecule has 12 heteroatoms. The Kier molecular flexibility index (Phi) is 11.3. The third kappa shape index (κ3) is 8.12. The zero-order valence-corrected chi connectivity index (χ0v) is 27.2. The predicted octanol–water partition coefficient (Wildman–Crippen LogP) is 2.75. The molecular weight excluding hydrogens is 621 g/mol. The number of nitrogens with zero attached hydrogens (tertiary/aromatic N) is 3. The maximum Gasteiger partial charge on any atom is 0.259 e. The Labute approximate surface area is 274 Å². The van der Waals surface area contributed by atoms with E-state index in [0.717, 1.165) is 41.9 Å². The summed E-state index contributed by atoms with van der Waals surface area (Å²) in [5.74, 6) is 0.00941. The summed E-state index contributed by atoms with van der Waals surface area (Å²) in [4.78, 5) is 19.9. The number of ether oxygens (including phenoxy) is 1. The quantitative estimate of drug-likeness (QED) is 0.171. The summed E-state index contributed by atoms with van der Waals surface area (Å²) in [6, 6.07) is 12.4. The van der Waals surface area contributed by atoms with Gasteiger partial charge in [0.15, 0.2) is 0 Å². The first-order valence-corrected chi connectivity index (χ1v) is 16.6. The second-order valence-electron chi connectivity index (χ2n) is 12.7. The lowest BCUT2D eigenvalue weighted by atomic mass is 10.0. The van der Waals surface area contributed by atoms with Gasteiger partial charge in [-0.3, -0.25) is 4.79 Å². The lowest BCUT2D eigenvalue weighted by Gasteiger charge is -2.39. The highest BCUT2D eigenvalue weighted by atomic mass is 35.5. The minimum atomic E-state index is -1.64. The molecule has 10 nitrogen and oxygen atoms in total. The molecule has 45 heavy (non-hydrogen) atoms. The Bertz CT molecular complexity index is 1330. The number of aliphatic hydroxyl groups excluding tert-OH is 5. The van der Waals surface area contributed by atoms with Crippen molar-refractivity contribution >= 4 is 40.5 Å². The summed E-state index contributed by atoms with van der Waals surface area (Å²) >= 11 is 13.3. The molecule has 1 heterocycles. The number of likely N-dealkylation sites (N-methyl/N-ethyl adjacent to an activating group) is 1. The molecule has 2 fully saturated rings. The van der Waals surface area contributed by atoms with Gasteiger partial charge in [0.2, 0.25) is 0 Å². The van der Waals surface area contributed by atoms with Crippen molar-refractivity contribution in [3.05, 3.63) is 57.6 Å². The number of amides is 1. The second kappa shape index (κ2) is 14.8. The van der Waals surface area contributed by atoms with Crippen molar-refractivity contribution in [2.75, 3.05) is 49.6 Å². The highest BCUT2D eigenvalue weighted by Crippen LogP contribution is 2.46. The lowest BCUT2D eigenvalue weighted by Crippen LogP contribution is -2.49. The smallest absolute Gasteiger partial charge is 0.259 e. The fourth-order valence-corrected chi connectivity index (χ4v) is 6.59. The van der Waals surface area contributed by atoms with E-state index < -0.39 is 36.6 Å². The Morgan fingerprint density at radius 2 is 1.62 bits per heavy atom. The van der Waals surface area contributed by atoms with E-state index >= 15 is 0 Å². The van der Waals surface area contributed by atoms with Crippen LogP contribution in [0.2, 0.25) is 10.0 Å². The summed E-state index contributed by atoms with van der Waals surface area (Å²) in [5.41, 5.74) is 2.89. The molecule has 1 amide bonds. The average Bonchev–Trinajstić information content (AvgIpc) is 3.98. The molecule has 248 valence electrons. The van der Waals surface area contributed by atoms with E-state index in [9.17, 15) is 25.2 Å². The van der Waals surface area contributed by atoms with Gasteiger partial charge in [0.05, 0.1) is 30.7 Å². The number of para-hydroxylation sites is 2. The summed E-state index contributed by atoms with van der Waals surface area (Å²) < 4.78 is 6.29. The molecule has 0 unspecified atom stereocenters. The minimum Gasteiger partial charge on any atom is -0.394 e. The Hall–Kier alpha value is -1.99. The van der Waals surface area contributed by atoms with Crippen LogP contribution in [0.3, 0.4) is 0 Å². The number of benzene rings is 2. The maximum absolute atomic E-state index is 13.8. The molecule has 5 rings (SSSR count). The molecule has 3 aliphatic rings. The van der Waals surface area contributed by atoms with Crippen LogP contribution in [0.5, 0.6) is 0 Å². The standard InChI is InChI=1S/C33H45Cl2N3O7/c1-36(18-28(40)30(42)31(43)29(41)19-39)13-5-4-6-21-16-25(35)22(17-24(21)34)20-45-33(11-12-33)32(44)38-15-14-37(23-9-10-23)26-7-2-3-8-27(26)38/h2-3,7-8,16-17,23,28-31,39-43H,4-6,9-15,18-20H2,1H3/t28-,29+,30+,31+/m0/s1. The number of halogens is 2. The van der Waals surface area contributed by atoms with Gasteiger partial charge >= 0.3 is 0 Å². The van der Waals surface area contributed by atoms with Crippen molar-refractivity contribution < 1.29 is 35.1 Å². The number of aryl methyl sites for hydroxylation is 1. The first kappa shape index (κ1) is 34.3. The van der Waals surface area contributed by atoms with Crippen LogP contribution in [0.1, 0.15) is 49.7 Å². The molecule has 0 saturated heterocycles. The molecule has 2 aromatic carbocycles. The van der Waals surface area contributed by atoms with E-state index in [1.54, 1.807) is 7.05 Å². The number of anilines is 2. The van der Waals surface area contributed by atoms with Crippen molar-refractivity contribution in [2.45, 2.75) is 87.6 Å². The lowest BCUT2D eigenvalue weighted by molar-refractivity contribution is -0.133. The van der Waals surface area contributed by atoms with Crippen LogP contribution in [0.25, 0.3) is 0 Å². The Morgan fingerprint density at radius 1 is 0.978 bits per heavy atom. The summed E-state index contributed by atoms with van der Waals surface area (Å²) in [7, 11) is 1.79. The molecule has 0 aromatic heterocycles. The second-order valence-corrected chi connectivity index (χ2v) is 13.5. The summed E-state index contributed by atoms with van der Waals surface area (Å²) in [6.07, 6.45) is 0.00763. The van der Waals surface area contributed by atoms with Crippen molar-refractivity contribution in [1.82, 2.24) is 4.90 Å². The van der Waals surface area contributed by atoms with Crippen LogP contribution in [-0.4, -0.2) is 112 Å². The molecule has 0 bridgehead atoms. The van der Waals surface area contributed by atoms with Crippen LogP contribution in [0.15, 0.2) is 36.4 Å². The zero-order valence-electron chi connectivity index (χ0n) is 25.7. The largest absolute Gasteiger partial charge is 0.394 e. The van der Waals surface area contributed by atoms with E-state index in [0.29, 0.717) is 48.4 Å². The first-order chi connectivity index (χ1) is 21.5. The molecule has 2 aromatic rings. The van der Waals surface area contributed by atoms with Gasteiger partial charge in [-0.15, -0.1) is 0 Å². The fourth-order valence-electron chi connectivity index (χ4n) is 6.07. The third-order valence-electron chi connectivity index (χ3n) is 9.15. The summed E-state index contributed by atoms with van der Waals surface area (Å²) in [5, 5.41) is 49.5. The molecule has 0 radical (unpaired) electrons. The van der Waals surface area contributed by atoms with Crippen LogP contribution in [-0.2, 0) is 22.6 Å². The third-order valence-corrected chi connectivity index (χ3v) is 9.86. The van der Waals surface area contributed by atoms with E-state index in [-0.39, 0.29) is 19.1 Å². The van der Waals surface area contributed by atoms with Gasteiger partial charge < -0.3 is 45.0 Å². The number of aliphatic hydroxyl groups is 5. The number of carbonyl (C=O) groups is 1. The van der Waals surface area contributed by atoms with Crippen LogP contribution in [0.4, 0.5) is 11.4 Å². The number of rotatable bonds is 16. The molecule has 2 aliphatic carbocycles. The first-order valence-electron chi connectivity index (χ1n) is 15.8. The predicted molar refractivity (Wildman–Crippen MR) is 174 cm³/mol. The van der Waals surface area contributed by atoms with Gasteiger partial charge in [0, 0.05) is 35.7 Å². The van der Waals surface area contributed by atoms with Gasteiger partial charge in [0.25, 0.3) is 5.91 Å². The van der Waals surface area contributed by atoms with Crippen LogP contribution < -0.4 is 9.80 Å². The number of carbonyl (C=O) groups excluding carboxylic acids is 1. The van der Waals surface area contributed by atoms with Crippen molar-refractivity contribution in [1.29, 1.82) is 0 Å². The fraction of sp³-hybridized carbons (Fsp3) is 0.606. The molecule has 0 spiro atoms. The zero-order chi connectivity index (χ0) is 32.3. The molecule has 2 saturated carbocycles. The highest BCUT2D eigenvalue weighted by molar-refractivity contribution is 6.34. The van der Waals surface area contributed by atoms with E-state index in [1.807, 2.05) is 40.1 Å². The molecule has 4 atom stereocenters. The van der Waals surface area contributed by atoms with Crippen LogP contribution >= 0.6 is 23.2 Å². The van der Waals surface area contributed by atoms with Gasteiger partial charge in [0.1, 0.15) is 23.9 Å². The molecular formula is C33H45Cl2N3O7. The van der Waals surface area contributed by atoms with Gasteiger partial charge in [-0.05, 0) is 93.9 Å². The van der Waals surface area contributed by atoms with Crippen LogP contribution in [0, 0.1) is 0 Å². The van der Waals surface area contributed by atoms with Gasteiger partial charge in [-0.1, -0.05) is 35.3 Å². The Balaban J connectivity index is 1.10. The highest BCUT2D eigenvalue weighted by Gasteiger charge is 2.54. The Morgan fingerprint density at radius 3 is 2.29 bits per heavy atom. The SMILES string of the molecule is CN(CCCCc1cc(Cl)c(COC2(C(=O)N3CCN(C4CC4)c4ccccc43)CC2)cc1Cl)C[C@H](O)[C@@H](O)[C@H](O)[C@H](O)CO. The topological polar surface area (TPSA) is 137 Å². The number of hydrogen-bond donors (Lipinski definition) is 5. The minimum absolute atomic E-state index is 0.00941. The van der Waals surface area contributed by atoms with Crippen molar-refractivity contribution in [2.24, 2.45) is 0 Å². The summed E-state index contributed by atoms with van der Waals surface area (Å²) in [6.45, 7) is 1.66.